The van der Waals surface area contributed by atoms with Crippen molar-refractivity contribution in [3.8, 4) is 0 Å². The lowest BCUT2D eigenvalue weighted by Crippen LogP contribution is -2.24. The van der Waals surface area contributed by atoms with Crippen molar-refractivity contribution in [2.24, 2.45) is 5.73 Å². The van der Waals surface area contributed by atoms with E-state index in [0.717, 1.165) is 41.5 Å². The number of hydrogen-bond donors (Lipinski definition) is 2. The lowest BCUT2D eigenvalue weighted by atomic mass is 9.97. The summed E-state index contributed by atoms with van der Waals surface area (Å²) in [6.45, 7) is 4.08. The molecule has 3 aromatic heterocycles. The van der Waals surface area contributed by atoms with E-state index in [2.05, 4.69) is 11.9 Å². The first kappa shape index (κ1) is 20.8. The molecule has 0 saturated carbocycles. The number of amides is 2. The van der Waals surface area contributed by atoms with E-state index in [4.69, 9.17) is 10.7 Å². The number of rotatable bonds is 7. The van der Waals surface area contributed by atoms with Gasteiger partial charge in [0.2, 0.25) is 5.91 Å². The Morgan fingerprint density at radius 2 is 2.17 bits per heavy atom. The highest BCUT2D eigenvalue weighted by atomic mass is 32.2. The van der Waals surface area contributed by atoms with Crippen LogP contribution in [-0.2, 0) is 24.2 Å². The largest absolute Gasteiger partial charge is 0.366 e. The van der Waals surface area contributed by atoms with Crippen molar-refractivity contribution in [1.82, 2.24) is 9.55 Å². The van der Waals surface area contributed by atoms with E-state index >= 15 is 0 Å². The number of allylic oxidation sites excluding steroid dienone is 1. The average Bonchev–Trinajstić information content (AvgIpc) is 3.33. The number of thioether (sulfide) groups is 1. The number of aromatic nitrogens is 2. The number of nitrogens with zero attached hydrogens (tertiary/aromatic N) is 2. The number of nitrogens with two attached hydrogens (primary N) is 1. The maximum Gasteiger partial charge on any atom is 0.263 e. The molecule has 3 heterocycles. The molecule has 1 aliphatic rings. The van der Waals surface area contributed by atoms with Crippen LogP contribution in [-0.4, -0.2) is 27.1 Å². The SMILES string of the molecule is C=CCn1c(SCC(=O)Nc2sccc2C(N)=O)nc2sc3c(c2c1=O)CCCC3. The van der Waals surface area contributed by atoms with Gasteiger partial charge in [-0.3, -0.25) is 19.0 Å². The molecule has 0 aromatic carbocycles. The Labute approximate surface area is 185 Å². The quantitative estimate of drug-likeness (QED) is 0.319. The first-order chi connectivity index (χ1) is 14.5. The predicted octanol–water partition coefficient (Wildman–Crippen LogP) is 3.41. The van der Waals surface area contributed by atoms with Crippen molar-refractivity contribution in [1.29, 1.82) is 0 Å². The number of hydrogen-bond acceptors (Lipinski definition) is 7. The van der Waals surface area contributed by atoms with Crippen molar-refractivity contribution in [2.75, 3.05) is 11.1 Å². The summed E-state index contributed by atoms with van der Waals surface area (Å²) in [5, 5.41) is 6.03. The Morgan fingerprint density at radius 1 is 1.37 bits per heavy atom. The third-order valence-electron chi connectivity index (χ3n) is 4.87. The van der Waals surface area contributed by atoms with E-state index in [1.54, 1.807) is 33.4 Å². The zero-order valence-corrected chi connectivity index (χ0v) is 18.6. The third-order valence-corrected chi connectivity index (χ3v) is 7.86. The Kier molecular flexibility index (Phi) is 6.07. The zero-order chi connectivity index (χ0) is 21.3. The van der Waals surface area contributed by atoms with Gasteiger partial charge in [0.25, 0.3) is 11.5 Å². The lowest BCUT2D eigenvalue weighted by molar-refractivity contribution is -0.113. The number of anilines is 1. The second-order valence-electron chi connectivity index (χ2n) is 6.85. The summed E-state index contributed by atoms with van der Waals surface area (Å²) >= 11 is 4.01. The van der Waals surface area contributed by atoms with Gasteiger partial charge in [-0.15, -0.1) is 29.3 Å². The van der Waals surface area contributed by atoms with Crippen molar-refractivity contribution in [3.05, 3.63) is 50.5 Å². The van der Waals surface area contributed by atoms with Crippen LogP contribution in [0.15, 0.2) is 34.1 Å². The number of carbonyl (C=O) groups is 2. The zero-order valence-electron chi connectivity index (χ0n) is 16.1. The van der Waals surface area contributed by atoms with Gasteiger partial charge in [0.15, 0.2) is 5.16 Å². The Morgan fingerprint density at radius 3 is 2.93 bits per heavy atom. The number of nitrogens with one attached hydrogen (secondary N) is 1. The van der Waals surface area contributed by atoms with E-state index in [-0.39, 0.29) is 22.8 Å². The van der Waals surface area contributed by atoms with Crippen molar-refractivity contribution < 1.29 is 9.59 Å². The van der Waals surface area contributed by atoms with Gasteiger partial charge >= 0.3 is 0 Å². The summed E-state index contributed by atoms with van der Waals surface area (Å²) in [5.74, 6) is -0.834. The molecule has 4 rings (SSSR count). The van der Waals surface area contributed by atoms with Gasteiger partial charge < -0.3 is 11.1 Å². The van der Waals surface area contributed by atoms with Gasteiger partial charge in [-0.05, 0) is 42.7 Å². The molecular weight excluding hydrogens is 440 g/mol. The molecule has 0 unspecified atom stereocenters. The number of fused-ring (bicyclic) bond motifs is 3. The van der Waals surface area contributed by atoms with Crippen LogP contribution in [0.2, 0.25) is 0 Å². The molecule has 0 spiro atoms. The Balaban J connectivity index is 1.60. The molecule has 2 amide bonds. The third kappa shape index (κ3) is 3.94. The van der Waals surface area contributed by atoms with E-state index in [1.165, 1.54) is 28.0 Å². The molecule has 10 heteroatoms. The Bertz CT molecular complexity index is 1210. The fraction of sp³-hybridized carbons (Fsp3) is 0.300. The van der Waals surface area contributed by atoms with Crippen molar-refractivity contribution in [3.63, 3.8) is 0 Å². The minimum Gasteiger partial charge on any atom is -0.366 e. The highest BCUT2D eigenvalue weighted by molar-refractivity contribution is 7.99. The van der Waals surface area contributed by atoms with E-state index in [0.29, 0.717) is 16.7 Å². The summed E-state index contributed by atoms with van der Waals surface area (Å²) in [5.41, 5.74) is 6.67. The molecule has 0 aliphatic heterocycles. The van der Waals surface area contributed by atoms with E-state index < -0.39 is 5.91 Å². The van der Waals surface area contributed by atoms with Gasteiger partial charge in [0, 0.05) is 11.4 Å². The predicted molar refractivity (Wildman–Crippen MR) is 123 cm³/mol. The van der Waals surface area contributed by atoms with Crippen LogP contribution in [0.25, 0.3) is 10.2 Å². The fourth-order valence-corrected chi connectivity index (χ4v) is 6.43. The molecule has 0 fully saturated rings. The van der Waals surface area contributed by atoms with Gasteiger partial charge in [-0.1, -0.05) is 17.8 Å². The first-order valence-corrected chi connectivity index (χ1v) is 12.1. The van der Waals surface area contributed by atoms with Gasteiger partial charge in [-0.2, -0.15) is 0 Å². The van der Waals surface area contributed by atoms with Crippen LogP contribution < -0.4 is 16.6 Å². The van der Waals surface area contributed by atoms with Crippen molar-refractivity contribution >= 4 is 61.5 Å². The molecule has 0 radical (unpaired) electrons. The smallest absolute Gasteiger partial charge is 0.263 e. The van der Waals surface area contributed by atoms with Gasteiger partial charge in [0.05, 0.1) is 16.7 Å². The summed E-state index contributed by atoms with van der Waals surface area (Å²) in [4.78, 5) is 43.8. The van der Waals surface area contributed by atoms with Crippen LogP contribution in [0.5, 0.6) is 0 Å². The molecule has 30 heavy (non-hydrogen) atoms. The minimum atomic E-state index is -0.590. The molecular formula is C20H20N4O3S3. The van der Waals surface area contributed by atoms with Crippen LogP contribution >= 0.6 is 34.4 Å². The molecule has 1 aliphatic carbocycles. The number of carbonyl (C=O) groups excluding carboxylic acids is 2. The van der Waals surface area contributed by atoms with Crippen LogP contribution in [0, 0.1) is 0 Å². The second kappa shape index (κ2) is 8.75. The maximum atomic E-state index is 13.2. The van der Waals surface area contributed by atoms with E-state index in [9.17, 15) is 14.4 Å². The number of primary amides is 1. The topological polar surface area (TPSA) is 107 Å². The average molecular weight is 461 g/mol. The highest BCUT2D eigenvalue weighted by Crippen LogP contribution is 2.34. The van der Waals surface area contributed by atoms with Crippen LogP contribution in [0.4, 0.5) is 5.00 Å². The first-order valence-electron chi connectivity index (χ1n) is 9.45. The normalized spacial score (nSPS) is 13.2. The minimum absolute atomic E-state index is 0.0519. The molecule has 7 nitrogen and oxygen atoms in total. The lowest BCUT2D eigenvalue weighted by Gasteiger charge is -2.12. The van der Waals surface area contributed by atoms with Crippen LogP contribution in [0.1, 0.15) is 33.6 Å². The van der Waals surface area contributed by atoms with Crippen LogP contribution in [0.3, 0.4) is 0 Å². The number of thiophene rings is 2. The molecule has 3 aromatic rings. The number of aryl methyl sites for hydroxylation is 2. The molecule has 3 N–H and O–H groups in total. The summed E-state index contributed by atoms with van der Waals surface area (Å²) in [6, 6.07) is 1.57. The monoisotopic (exact) mass is 460 g/mol. The van der Waals surface area contributed by atoms with Gasteiger partial charge in [0.1, 0.15) is 9.83 Å². The highest BCUT2D eigenvalue weighted by Gasteiger charge is 2.22. The summed E-state index contributed by atoms with van der Waals surface area (Å²) in [7, 11) is 0. The second-order valence-corrected chi connectivity index (χ2v) is 9.80. The standard InChI is InChI=1S/C20H20N4O3S3/c1-2-8-24-19(27)15-11-5-3-4-6-13(11)30-18(15)23-20(24)29-10-14(25)22-17-12(16(21)26)7-9-28-17/h2,7,9H,1,3-6,8,10H2,(H2,21,26)(H,22,25). The molecule has 0 bridgehead atoms. The molecule has 156 valence electrons. The summed E-state index contributed by atoms with van der Waals surface area (Å²) in [6.07, 6.45) is 5.79. The summed E-state index contributed by atoms with van der Waals surface area (Å²) < 4.78 is 1.58. The van der Waals surface area contributed by atoms with Crippen molar-refractivity contribution in [2.45, 2.75) is 37.4 Å². The van der Waals surface area contributed by atoms with E-state index in [1.807, 2.05) is 0 Å². The van der Waals surface area contributed by atoms with Gasteiger partial charge in [-0.25, -0.2) is 4.98 Å². The fourth-order valence-electron chi connectivity index (χ4n) is 3.51. The molecule has 0 saturated heterocycles. The molecule has 0 atom stereocenters. The Hall–Kier alpha value is -2.43. The maximum absolute atomic E-state index is 13.2.